The quantitative estimate of drug-likeness (QED) is 0.329. The molecule has 3 aromatic heterocycles. The molecule has 0 radical (unpaired) electrons. The van der Waals surface area contributed by atoms with Gasteiger partial charge in [0.15, 0.2) is 16.6 Å². The molecule has 4 aromatic rings. The lowest BCUT2D eigenvalue weighted by molar-refractivity contribution is 0.0599. The highest BCUT2D eigenvalue weighted by Crippen LogP contribution is 2.27. The number of hydrogen-bond acceptors (Lipinski definition) is 10. The van der Waals surface area contributed by atoms with E-state index >= 15 is 0 Å². The maximum Gasteiger partial charge on any atom is 0.347 e. The van der Waals surface area contributed by atoms with Gasteiger partial charge in [0.2, 0.25) is 5.95 Å². The molecule has 33 heavy (non-hydrogen) atoms. The zero-order valence-electron chi connectivity index (χ0n) is 18.1. The van der Waals surface area contributed by atoms with E-state index in [2.05, 4.69) is 30.6 Å². The number of thiazole rings is 1. The standard InChI is InChI=1S/C21H21N7O4S/c1-4-28-10-23-17-14(28)16(22-9-12-5-7-13(8-6-12)19(31)32-3)25-20(26-17)27-21-24-11(2)15(33-21)18(29)30/h5-8,10H,4,9H2,1-3H3,(H,29,30)(H2,22,24,25,26,27). The van der Waals surface area contributed by atoms with E-state index in [1.165, 1.54) is 7.11 Å². The highest BCUT2D eigenvalue weighted by atomic mass is 32.1. The van der Waals surface area contributed by atoms with E-state index in [9.17, 15) is 14.7 Å². The van der Waals surface area contributed by atoms with Crippen LogP contribution in [0.4, 0.5) is 16.9 Å². The first-order chi connectivity index (χ1) is 15.9. The first-order valence-corrected chi connectivity index (χ1v) is 10.8. The highest BCUT2D eigenvalue weighted by molar-refractivity contribution is 7.17. The van der Waals surface area contributed by atoms with Crippen molar-refractivity contribution in [3.63, 3.8) is 0 Å². The third-order valence-corrected chi connectivity index (χ3v) is 5.92. The third kappa shape index (κ3) is 4.60. The molecule has 0 spiro atoms. The zero-order valence-corrected chi connectivity index (χ0v) is 18.9. The largest absolute Gasteiger partial charge is 0.477 e. The summed E-state index contributed by atoms with van der Waals surface area (Å²) in [6, 6.07) is 7.07. The lowest BCUT2D eigenvalue weighted by Gasteiger charge is -2.11. The minimum absolute atomic E-state index is 0.155. The Morgan fingerprint density at radius 1 is 1.18 bits per heavy atom. The van der Waals surface area contributed by atoms with E-state index in [1.807, 2.05) is 23.6 Å². The molecule has 1 aromatic carbocycles. The van der Waals surface area contributed by atoms with Crippen molar-refractivity contribution in [2.24, 2.45) is 0 Å². The number of benzene rings is 1. The van der Waals surface area contributed by atoms with Gasteiger partial charge in [0.25, 0.3) is 0 Å². The van der Waals surface area contributed by atoms with Gasteiger partial charge in [-0.15, -0.1) is 0 Å². The zero-order chi connectivity index (χ0) is 23.5. The Morgan fingerprint density at radius 3 is 2.58 bits per heavy atom. The number of methoxy groups -OCH3 is 1. The Morgan fingerprint density at radius 2 is 1.94 bits per heavy atom. The molecule has 3 heterocycles. The molecule has 0 amide bonds. The van der Waals surface area contributed by atoms with Gasteiger partial charge in [-0.2, -0.15) is 9.97 Å². The van der Waals surface area contributed by atoms with E-state index in [0.29, 0.717) is 40.9 Å². The summed E-state index contributed by atoms with van der Waals surface area (Å²) >= 11 is 1.01. The Hall–Kier alpha value is -4.06. The molecule has 12 heteroatoms. The van der Waals surface area contributed by atoms with Gasteiger partial charge in [0.1, 0.15) is 10.4 Å². The molecule has 11 nitrogen and oxygen atoms in total. The fraction of sp³-hybridized carbons (Fsp3) is 0.238. The number of esters is 1. The van der Waals surface area contributed by atoms with Gasteiger partial charge in [-0.25, -0.2) is 19.6 Å². The minimum Gasteiger partial charge on any atom is -0.477 e. The van der Waals surface area contributed by atoms with Crippen LogP contribution in [0.3, 0.4) is 0 Å². The molecular formula is C21H21N7O4S. The molecule has 170 valence electrons. The number of carbonyl (C=O) groups excluding carboxylic acids is 1. The van der Waals surface area contributed by atoms with Crippen LogP contribution >= 0.6 is 11.3 Å². The van der Waals surface area contributed by atoms with Gasteiger partial charge in [0, 0.05) is 13.1 Å². The van der Waals surface area contributed by atoms with Crippen molar-refractivity contribution in [2.45, 2.75) is 26.9 Å². The van der Waals surface area contributed by atoms with Crippen LogP contribution in [0.2, 0.25) is 0 Å². The van der Waals surface area contributed by atoms with Crippen LogP contribution in [-0.4, -0.2) is 48.7 Å². The number of aromatic nitrogens is 5. The fourth-order valence-electron chi connectivity index (χ4n) is 3.20. The number of carboxylic acids is 1. The number of imidazole rings is 1. The third-order valence-electron chi connectivity index (χ3n) is 4.86. The average Bonchev–Trinajstić information content (AvgIpc) is 3.40. The number of rotatable bonds is 8. The van der Waals surface area contributed by atoms with Crippen molar-refractivity contribution in [1.82, 2.24) is 24.5 Å². The van der Waals surface area contributed by atoms with Crippen molar-refractivity contribution in [3.8, 4) is 0 Å². The molecule has 0 unspecified atom stereocenters. The number of carboxylic acid groups (broad SMARTS) is 1. The Bertz CT molecular complexity index is 1330. The van der Waals surface area contributed by atoms with Crippen LogP contribution in [0.15, 0.2) is 30.6 Å². The number of nitrogens with zero attached hydrogens (tertiary/aromatic N) is 5. The summed E-state index contributed by atoms with van der Waals surface area (Å²) < 4.78 is 6.66. The van der Waals surface area contributed by atoms with Gasteiger partial charge in [0.05, 0.1) is 24.7 Å². The summed E-state index contributed by atoms with van der Waals surface area (Å²) in [5.74, 6) is -0.613. The summed E-state index contributed by atoms with van der Waals surface area (Å²) in [6.45, 7) is 4.76. The second kappa shape index (κ2) is 9.20. The smallest absolute Gasteiger partial charge is 0.347 e. The van der Waals surface area contributed by atoms with Gasteiger partial charge in [-0.1, -0.05) is 23.5 Å². The van der Waals surface area contributed by atoms with E-state index in [4.69, 9.17) is 4.74 Å². The van der Waals surface area contributed by atoms with E-state index in [-0.39, 0.29) is 10.8 Å². The number of nitrogens with one attached hydrogen (secondary N) is 2. The molecule has 0 aliphatic carbocycles. The van der Waals surface area contributed by atoms with Gasteiger partial charge < -0.3 is 19.7 Å². The molecule has 3 N–H and O–H groups in total. The molecule has 0 atom stereocenters. The van der Waals surface area contributed by atoms with E-state index in [1.54, 1.807) is 25.4 Å². The van der Waals surface area contributed by atoms with Gasteiger partial charge in [-0.3, -0.25) is 5.32 Å². The van der Waals surface area contributed by atoms with Crippen LogP contribution in [0, 0.1) is 6.92 Å². The van der Waals surface area contributed by atoms with Crippen LogP contribution in [0.1, 0.15) is 38.2 Å². The number of ether oxygens (including phenoxy) is 1. The molecule has 0 fully saturated rings. The lowest BCUT2D eigenvalue weighted by Crippen LogP contribution is -2.08. The Balaban J connectivity index is 1.62. The maximum atomic E-state index is 11.6. The molecule has 0 saturated carbocycles. The second-order valence-electron chi connectivity index (χ2n) is 7.00. The summed E-state index contributed by atoms with van der Waals surface area (Å²) in [5, 5.41) is 15.9. The summed E-state index contributed by atoms with van der Waals surface area (Å²) in [7, 11) is 1.34. The number of fused-ring (bicyclic) bond motifs is 1. The van der Waals surface area contributed by atoms with Crippen molar-refractivity contribution < 1.29 is 19.4 Å². The predicted octanol–water partition coefficient (Wildman–Crippen LogP) is 3.45. The van der Waals surface area contributed by atoms with Crippen molar-refractivity contribution >= 4 is 51.3 Å². The predicted molar refractivity (Wildman–Crippen MR) is 123 cm³/mol. The molecular weight excluding hydrogens is 446 g/mol. The van der Waals surface area contributed by atoms with Crippen LogP contribution in [0.25, 0.3) is 11.2 Å². The average molecular weight is 468 g/mol. The number of aromatic carboxylic acids is 1. The van der Waals surface area contributed by atoms with Gasteiger partial charge in [-0.05, 0) is 31.5 Å². The highest BCUT2D eigenvalue weighted by Gasteiger charge is 2.17. The number of hydrogen-bond donors (Lipinski definition) is 3. The Labute approximate surface area is 192 Å². The monoisotopic (exact) mass is 467 g/mol. The number of aryl methyl sites for hydroxylation is 2. The van der Waals surface area contributed by atoms with Crippen LogP contribution < -0.4 is 10.6 Å². The van der Waals surface area contributed by atoms with Crippen LogP contribution in [0.5, 0.6) is 0 Å². The number of anilines is 3. The van der Waals surface area contributed by atoms with Crippen molar-refractivity contribution in [1.29, 1.82) is 0 Å². The first kappa shape index (κ1) is 22.1. The van der Waals surface area contributed by atoms with E-state index < -0.39 is 11.9 Å². The maximum absolute atomic E-state index is 11.6. The molecule has 0 aliphatic rings. The summed E-state index contributed by atoms with van der Waals surface area (Å²) in [5.41, 5.74) is 3.06. The second-order valence-corrected chi connectivity index (χ2v) is 8.00. The number of carbonyl (C=O) groups is 2. The first-order valence-electron chi connectivity index (χ1n) is 10.0. The fourth-order valence-corrected chi connectivity index (χ4v) is 4.00. The molecule has 0 bridgehead atoms. The lowest BCUT2D eigenvalue weighted by atomic mass is 10.1. The normalized spacial score (nSPS) is 10.9. The molecule has 4 rings (SSSR count). The van der Waals surface area contributed by atoms with Crippen LogP contribution in [-0.2, 0) is 17.8 Å². The van der Waals surface area contributed by atoms with Crippen molar-refractivity contribution in [3.05, 3.63) is 52.3 Å². The molecule has 0 saturated heterocycles. The van der Waals surface area contributed by atoms with E-state index in [0.717, 1.165) is 22.4 Å². The molecule has 0 aliphatic heterocycles. The van der Waals surface area contributed by atoms with Crippen molar-refractivity contribution in [2.75, 3.05) is 17.7 Å². The topological polar surface area (TPSA) is 144 Å². The summed E-state index contributed by atoms with van der Waals surface area (Å²) in [4.78, 5) is 40.7. The Kier molecular flexibility index (Phi) is 6.18. The SMILES string of the molecule is CCn1cnc2nc(Nc3nc(C)c(C(=O)O)s3)nc(NCc3ccc(C(=O)OC)cc3)c21. The van der Waals surface area contributed by atoms with Gasteiger partial charge >= 0.3 is 11.9 Å². The summed E-state index contributed by atoms with van der Waals surface area (Å²) in [6.07, 6.45) is 1.69. The minimum atomic E-state index is -1.03.